The smallest absolute Gasteiger partial charge is 0.296 e. The van der Waals surface area contributed by atoms with E-state index in [0.29, 0.717) is 23.8 Å². The van der Waals surface area contributed by atoms with Crippen molar-refractivity contribution in [3.05, 3.63) is 35.8 Å². The number of nitrogens with zero attached hydrogens (tertiary/aromatic N) is 4. The van der Waals surface area contributed by atoms with E-state index in [0.717, 1.165) is 30.9 Å². The number of hydrogen-bond acceptors (Lipinski definition) is 5. The maximum absolute atomic E-state index is 13.1. The van der Waals surface area contributed by atoms with Crippen LogP contribution in [-0.4, -0.2) is 35.0 Å². The van der Waals surface area contributed by atoms with Gasteiger partial charge < -0.3 is 9.32 Å². The first kappa shape index (κ1) is 13.3. The van der Waals surface area contributed by atoms with E-state index in [4.69, 9.17) is 4.42 Å². The average Bonchev–Trinajstić information content (AvgIpc) is 3.12. The summed E-state index contributed by atoms with van der Waals surface area (Å²) in [6.07, 6.45) is 5.22. The highest BCUT2D eigenvalue weighted by atomic mass is 16.4. The van der Waals surface area contributed by atoms with Crippen LogP contribution in [-0.2, 0) is 6.42 Å². The molecule has 1 atom stereocenters. The zero-order valence-electron chi connectivity index (χ0n) is 12.7. The third-order valence-corrected chi connectivity index (χ3v) is 4.46. The van der Waals surface area contributed by atoms with Crippen molar-refractivity contribution < 1.29 is 9.21 Å². The number of hydrogen-bond donors (Lipinski definition) is 0. The molecule has 114 valence electrons. The van der Waals surface area contributed by atoms with Crippen LogP contribution in [0.5, 0.6) is 0 Å². The van der Waals surface area contributed by atoms with E-state index in [1.807, 2.05) is 31.0 Å². The minimum absolute atomic E-state index is 0.0938. The Labute approximate surface area is 128 Å². The minimum atomic E-state index is -0.0938. The summed E-state index contributed by atoms with van der Waals surface area (Å²) in [5.41, 5.74) is 2.61. The summed E-state index contributed by atoms with van der Waals surface area (Å²) in [6.45, 7) is 5.62. The summed E-state index contributed by atoms with van der Waals surface area (Å²) in [7, 11) is 0. The Bertz CT molecular complexity index is 739. The second-order valence-electron chi connectivity index (χ2n) is 5.80. The first-order chi connectivity index (χ1) is 10.7. The number of fused-ring (bicyclic) bond motifs is 4. The van der Waals surface area contributed by atoms with Gasteiger partial charge in [0.1, 0.15) is 0 Å². The van der Waals surface area contributed by atoms with Gasteiger partial charge in [0.25, 0.3) is 5.91 Å². The molecule has 1 amide bonds. The quantitative estimate of drug-likeness (QED) is 0.850. The second kappa shape index (κ2) is 4.83. The fourth-order valence-electron chi connectivity index (χ4n) is 3.38. The van der Waals surface area contributed by atoms with E-state index in [9.17, 15) is 4.79 Å². The van der Waals surface area contributed by atoms with Crippen LogP contribution in [0.3, 0.4) is 0 Å². The van der Waals surface area contributed by atoms with E-state index in [-0.39, 0.29) is 11.9 Å². The van der Waals surface area contributed by atoms with Crippen molar-refractivity contribution in [3.8, 4) is 0 Å². The SMILES string of the molecule is CCc1nc(C)c(C(=O)N2c3ccncc3N3CCC2C3)o1. The maximum atomic E-state index is 13.1. The van der Waals surface area contributed by atoms with Crippen molar-refractivity contribution in [3.63, 3.8) is 0 Å². The molecule has 22 heavy (non-hydrogen) atoms. The van der Waals surface area contributed by atoms with Crippen molar-refractivity contribution in [2.75, 3.05) is 22.9 Å². The van der Waals surface area contributed by atoms with E-state index in [1.54, 1.807) is 6.20 Å². The van der Waals surface area contributed by atoms with Gasteiger partial charge in [-0.3, -0.25) is 14.7 Å². The number of pyridine rings is 1. The first-order valence-corrected chi connectivity index (χ1v) is 7.68. The summed E-state index contributed by atoms with van der Waals surface area (Å²) < 4.78 is 5.67. The molecule has 2 bridgehead atoms. The van der Waals surface area contributed by atoms with E-state index < -0.39 is 0 Å². The largest absolute Gasteiger partial charge is 0.435 e. The molecule has 2 aromatic rings. The summed E-state index contributed by atoms with van der Waals surface area (Å²) in [5, 5.41) is 0. The van der Waals surface area contributed by atoms with Gasteiger partial charge in [-0.05, 0) is 19.4 Å². The molecule has 2 aliphatic rings. The van der Waals surface area contributed by atoms with Crippen LogP contribution in [0.25, 0.3) is 0 Å². The van der Waals surface area contributed by atoms with E-state index >= 15 is 0 Å². The van der Waals surface area contributed by atoms with Crippen molar-refractivity contribution in [1.82, 2.24) is 9.97 Å². The van der Waals surface area contributed by atoms with Crippen molar-refractivity contribution in [1.29, 1.82) is 0 Å². The van der Waals surface area contributed by atoms with Crippen LogP contribution in [0, 0.1) is 6.92 Å². The molecule has 2 aromatic heterocycles. The van der Waals surface area contributed by atoms with Crippen molar-refractivity contribution in [2.45, 2.75) is 32.7 Å². The molecule has 0 N–H and O–H groups in total. The Morgan fingerprint density at radius 1 is 1.45 bits per heavy atom. The van der Waals surface area contributed by atoms with Gasteiger partial charge in [0, 0.05) is 25.7 Å². The van der Waals surface area contributed by atoms with Crippen LogP contribution in [0.15, 0.2) is 22.9 Å². The predicted octanol–water partition coefficient (Wildman–Crippen LogP) is 2.18. The summed E-state index contributed by atoms with van der Waals surface area (Å²) in [4.78, 5) is 25.7. The molecular weight excluding hydrogens is 280 g/mol. The van der Waals surface area contributed by atoms with Gasteiger partial charge in [-0.1, -0.05) is 6.92 Å². The highest BCUT2D eigenvalue weighted by Gasteiger charge is 2.40. The average molecular weight is 298 g/mol. The van der Waals surface area contributed by atoms with Gasteiger partial charge in [0.2, 0.25) is 5.76 Å². The van der Waals surface area contributed by atoms with Crippen LogP contribution >= 0.6 is 0 Å². The van der Waals surface area contributed by atoms with Gasteiger partial charge in [-0.2, -0.15) is 0 Å². The van der Waals surface area contributed by atoms with Gasteiger partial charge in [-0.15, -0.1) is 0 Å². The molecule has 0 aromatic carbocycles. The topological polar surface area (TPSA) is 62.5 Å². The molecule has 0 spiro atoms. The van der Waals surface area contributed by atoms with Gasteiger partial charge in [-0.25, -0.2) is 4.98 Å². The number of anilines is 2. The number of aromatic nitrogens is 2. The van der Waals surface area contributed by atoms with Crippen molar-refractivity contribution >= 4 is 17.3 Å². The summed E-state index contributed by atoms with van der Waals surface area (Å²) >= 11 is 0. The highest BCUT2D eigenvalue weighted by Crippen LogP contribution is 2.40. The summed E-state index contributed by atoms with van der Waals surface area (Å²) in [5.74, 6) is 0.879. The summed E-state index contributed by atoms with van der Waals surface area (Å²) in [6, 6.07) is 2.10. The maximum Gasteiger partial charge on any atom is 0.296 e. The molecular formula is C16H18N4O2. The van der Waals surface area contributed by atoms with Crippen molar-refractivity contribution in [2.24, 2.45) is 0 Å². The third-order valence-electron chi connectivity index (χ3n) is 4.46. The van der Waals surface area contributed by atoms with E-state index in [1.165, 1.54) is 0 Å². The third kappa shape index (κ3) is 1.83. The van der Waals surface area contributed by atoms with E-state index in [2.05, 4.69) is 14.9 Å². The van der Waals surface area contributed by atoms with Gasteiger partial charge >= 0.3 is 0 Å². The number of oxazole rings is 1. The molecule has 0 radical (unpaired) electrons. The molecule has 6 nitrogen and oxygen atoms in total. The normalized spacial score (nSPS) is 19.5. The fourth-order valence-corrected chi connectivity index (χ4v) is 3.38. The van der Waals surface area contributed by atoms with Gasteiger partial charge in [0.15, 0.2) is 5.89 Å². The van der Waals surface area contributed by atoms with Crippen LogP contribution < -0.4 is 9.80 Å². The molecule has 2 aliphatic heterocycles. The molecule has 4 rings (SSSR count). The number of aryl methyl sites for hydroxylation is 2. The zero-order chi connectivity index (χ0) is 15.3. The molecule has 1 fully saturated rings. The molecule has 0 aliphatic carbocycles. The lowest BCUT2D eigenvalue weighted by atomic mass is 10.1. The number of carbonyl (C=O) groups is 1. The van der Waals surface area contributed by atoms with Crippen LogP contribution in [0.2, 0.25) is 0 Å². The Morgan fingerprint density at radius 2 is 2.32 bits per heavy atom. The molecule has 6 heteroatoms. The molecule has 4 heterocycles. The Hall–Kier alpha value is -2.37. The Balaban J connectivity index is 1.78. The standard InChI is InChI=1S/C16H18N4O2/c1-3-14-18-10(2)15(22-14)16(21)20-11-5-7-19(9-11)13-8-17-6-4-12(13)20/h4,6,8,11H,3,5,7,9H2,1-2H3. The zero-order valence-corrected chi connectivity index (χ0v) is 12.7. The lowest BCUT2D eigenvalue weighted by molar-refractivity contribution is 0.0948. The monoisotopic (exact) mass is 298 g/mol. The Morgan fingerprint density at radius 3 is 3.09 bits per heavy atom. The molecule has 0 saturated carbocycles. The second-order valence-corrected chi connectivity index (χ2v) is 5.80. The minimum Gasteiger partial charge on any atom is -0.435 e. The highest BCUT2D eigenvalue weighted by molar-refractivity contribution is 6.08. The Kier molecular flexibility index (Phi) is 2.92. The molecule has 1 unspecified atom stereocenters. The lowest BCUT2D eigenvalue weighted by Crippen LogP contribution is -2.46. The van der Waals surface area contributed by atoms with Crippen LogP contribution in [0.4, 0.5) is 11.4 Å². The number of rotatable bonds is 2. The predicted molar refractivity (Wildman–Crippen MR) is 82.3 cm³/mol. The number of carbonyl (C=O) groups excluding carboxylic acids is 1. The first-order valence-electron chi connectivity index (χ1n) is 7.68. The lowest BCUT2D eigenvalue weighted by Gasteiger charge is -2.36. The molecule has 1 saturated heterocycles. The van der Waals surface area contributed by atoms with Gasteiger partial charge in [0.05, 0.1) is 29.3 Å². The fraction of sp³-hybridized carbons (Fsp3) is 0.438. The van der Waals surface area contributed by atoms with Crippen LogP contribution in [0.1, 0.15) is 35.5 Å². The number of amides is 1.